The fourth-order valence-electron chi connectivity index (χ4n) is 6.31. The highest BCUT2D eigenvalue weighted by Crippen LogP contribution is 2.39. The number of nitrogens with one attached hydrogen (secondary N) is 1. The summed E-state index contributed by atoms with van der Waals surface area (Å²) in [5.41, 5.74) is 7.16. The third-order valence-corrected chi connectivity index (χ3v) is 8.48. The Morgan fingerprint density at radius 2 is 1.67 bits per heavy atom. The molecular formula is C30H38FN5O3. The maximum Gasteiger partial charge on any atom is 0.250 e. The van der Waals surface area contributed by atoms with Gasteiger partial charge in [-0.15, -0.1) is 0 Å². The fraction of sp³-hybridized carbons (Fsp3) is 0.500. The molecule has 2 aromatic carbocycles. The third kappa shape index (κ3) is 5.93. The maximum atomic E-state index is 13.9. The molecule has 1 spiro atoms. The molecule has 0 radical (unpaired) electrons. The molecule has 5 rings (SSSR count). The van der Waals surface area contributed by atoms with Gasteiger partial charge < -0.3 is 25.8 Å². The first-order chi connectivity index (χ1) is 18.9. The summed E-state index contributed by atoms with van der Waals surface area (Å²) in [7, 11) is 0. The summed E-state index contributed by atoms with van der Waals surface area (Å²) in [4.78, 5) is 45.5. The summed E-state index contributed by atoms with van der Waals surface area (Å²) in [6.07, 6.45) is 6.68. The van der Waals surface area contributed by atoms with Gasteiger partial charge in [0, 0.05) is 24.8 Å². The van der Waals surface area contributed by atoms with Crippen molar-refractivity contribution in [1.82, 2.24) is 15.1 Å². The van der Waals surface area contributed by atoms with E-state index in [1.54, 1.807) is 21.9 Å². The number of hydrogen-bond donors (Lipinski definition) is 2. The number of anilines is 1. The van der Waals surface area contributed by atoms with Crippen molar-refractivity contribution in [2.45, 2.75) is 69.0 Å². The van der Waals surface area contributed by atoms with Crippen molar-refractivity contribution in [2.75, 3.05) is 31.2 Å². The number of carbonyl (C=O) groups excluding carboxylic acids is 3. The zero-order chi connectivity index (χ0) is 27.4. The number of halogens is 1. The Morgan fingerprint density at radius 3 is 2.33 bits per heavy atom. The van der Waals surface area contributed by atoms with E-state index in [4.69, 9.17) is 5.73 Å². The van der Waals surface area contributed by atoms with E-state index < -0.39 is 11.6 Å². The molecule has 2 heterocycles. The molecule has 2 saturated heterocycles. The van der Waals surface area contributed by atoms with Crippen molar-refractivity contribution in [1.29, 1.82) is 0 Å². The molecule has 3 N–H and O–H groups in total. The Labute approximate surface area is 229 Å². The number of nitrogens with two attached hydrogens (primary N) is 1. The second-order valence-corrected chi connectivity index (χ2v) is 11.1. The Kier molecular flexibility index (Phi) is 8.16. The quantitative estimate of drug-likeness (QED) is 0.568. The van der Waals surface area contributed by atoms with E-state index in [2.05, 4.69) is 10.2 Å². The number of benzene rings is 2. The highest BCUT2D eigenvalue weighted by molar-refractivity contribution is 5.96. The Morgan fingerprint density at radius 1 is 1.00 bits per heavy atom. The average molecular weight is 536 g/mol. The molecule has 39 heavy (non-hydrogen) atoms. The third-order valence-electron chi connectivity index (χ3n) is 8.48. The molecule has 1 atom stereocenters. The lowest BCUT2D eigenvalue weighted by Gasteiger charge is -2.43. The monoisotopic (exact) mass is 535 g/mol. The maximum absolute atomic E-state index is 13.9. The number of para-hydroxylation sites is 1. The van der Waals surface area contributed by atoms with Crippen molar-refractivity contribution in [3.63, 3.8) is 0 Å². The second-order valence-electron chi connectivity index (χ2n) is 11.1. The molecule has 0 bridgehead atoms. The van der Waals surface area contributed by atoms with Crippen molar-refractivity contribution in [3.8, 4) is 0 Å². The molecule has 0 aromatic heterocycles. The average Bonchev–Trinajstić information content (AvgIpc) is 3.21. The van der Waals surface area contributed by atoms with E-state index in [-0.39, 0.29) is 36.1 Å². The van der Waals surface area contributed by atoms with Gasteiger partial charge in [0.25, 0.3) is 5.91 Å². The minimum Gasteiger partial charge on any atom is -0.352 e. The van der Waals surface area contributed by atoms with Gasteiger partial charge in [0.15, 0.2) is 0 Å². The topological polar surface area (TPSA) is 99.0 Å². The van der Waals surface area contributed by atoms with Gasteiger partial charge in [0.05, 0.1) is 12.7 Å². The van der Waals surface area contributed by atoms with Crippen LogP contribution in [0.4, 0.5) is 10.1 Å². The lowest BCUT2D eigenvalue weighted by molar-refractivity contribution is -0.140. The summed E-state index contributed by atoms with van der Waals surface area (Å²) in [6, 6.07) is 15.2. The molecule has 3 aliphatic rings. The SMILES string of the molecule is N[C@H](Cc1ccc(F)cc1)C(=O)N1CCC2(CC1)C(=O)N(CC(=O)NC1CCCCC1)CN2c1ccccc1. The fourth-order valence-corrected chi connectivity index (χ4v) is 6.31. The molecule has 8 nitrogen and oxygen atoms in total. The lowest BCUT2D eigenvalue weighted by Crippen LogP contribution is -2.59. The van der Waals surface area contributed by atoms with Crippen molar-refractivity contribution in [2.24, 2.45) is 5.73 Å². The largest absolute Gasteiger partial charge is 0.352 e. The number of piperidine rings is 1. The predicted octanol–water partition coefficient (Wildman–Crippen LogP) is 2.81. The van der Waals surface area contributed by atoms with Crippen LogP contribution >= 0.6 is 0 Å². The van der Waals surface area contributed by atoms with Crippen molar-refractivity contribution in [3.05, 3.63) is 66.0 Å². The van der Waals surface area contributed by atoms with Crippen LogP contribution in [0.5, 0.6) is 0 Å². The molecular weight excluding hydrogens is 497 g/mol. The van der Waals surface area contributed by atoms with Crippen LogP contribution in [0.2, 0.25) is 0 Å². The summed E-state index contributed by atoms with van der Waals surface area (Å²) >= 11 is 0. The van der Waals surface area contributed by atoms with Crippen molar-refractivity contribution < 1.29 is 18.8 Å². The first-order valence-electron chi connectivity index (χ1n) is 14.1. The highest BCUT2D eigenvalue weighted by atomic mass is 19.1. The molecule has 3 amide bonds. The predicted molar refractivity (Wildman–Crippen MR) is 147 cm³/mol. The first kappa shape index (κ1) is 27.1. The number of amides is 3. The molecule has 1 saturated carbocycles. The van der Waals surface area contributed by atoms with Gasteiger partial charge in [0.1, 0.15) is 17.9 Å². The van der Waals surface area contributed by atoms with Crippen LogP contribution in [-0.4, -0.2) is 71.4 Å². The normalized spacial score (nSPS) is 20.4. The van der Waals surface area contributed by atoms with Crippen molar-refractivity contribution >= 4 is 23.4 Å². The summed E-state index contributed by atoms with van der Waals surface area (Å²) in [6.45, 7) is 1.16. The van der Waals surface area contributed by atoms with E-state index in [9.17, 15) is 18.8 Å². The van der Waals surface area contributed by atoms with Gasteiger partial charge in [-0.2, -0.15) is 0 Å². The van der Waals surface area contributed by atoms with Crippen LogP contribution in [0, 0.1) is 5.82 Å². The van der Waals surface area contributed by atoms with Gasteiger partial charge >= 0.3 is 0 Å². The van der Waals surface area contributed by atoms with Crippen LogP contribution in [0.15, 0.2) is 54.6 Å². The minimum atomic E-state index is -0.815. The highest BCUT2D eigenvalue weighted by Gasteiger charge is 2.54. The standard InChI is InChI=1S/C30H38FN5O3/c31-23-13-11-22(12-14-23)19-26(32)28(38)34-17-15-30(16-18-34)29(39)35(21-36(30)25-9-5-2-6-10-25)20-27(37)33-24-7-3-1-4-8-24/h2,5-6,9-14,24,26H,1,3-4,7-8,15-21,32H2,(H,33,37)/t26-/m1/s1. The number of carbonyl (C=O) groups is 3. The molecule has 2 aromatic rings. The van der Waals surface area contributed by atoms with E-state index in [1.165, 1.54) is 18.6 Å². The first-order valence-corrected chi connectivity index (χ1v) is 14.1. The van der Waals surface area contributed by atoms with Crippen LogP contribution < -0.4 is 16.0 Å². The van der Waals surface area contributed by atoms with Gasteiger partial charge in [-0.05, 0) is 61.9 Å². The van der Waals surface area contributed by atoms with E-state index in [0.717, 1.165) is 36.9 Å². The molecule has 0 unspecified atom stereocenters. The van der Waals surface area contributed by atoms with Gasteiger partial charge in [0.2, 0.25) is 11.8 Å². The molecule has 3 fully saturated rings. The Balaban J connectivity index is 1.26. The number of rotatable bonds is 7. The second kappa shape index (κ2) is 11.7. The van der Waals surface area contributed by atoms with E-state index in [0.29, 0.717) is 39.0 Å². The smallest absolute Gasteiger partial charge is 0.250 e. The number of likely N-dealkylation sites (tertiary alicyclic amines) is 1. The zero-order valence-corrected chi connectivity index (χ0v) is 22.4. The number of hydrogen-bond acceptors (Lipinski definition) is 5. The van der Waals surface area contributed by atoms with E-state index in [1.807, 2.05) is 30.3 Å². The Hall–Kier alpha value is -3.46. The molecule has 208 valence electrons. The molecule has 9 heteroatoms. The van der Waals surface area contributed by atoms with Crippen LogP contribution in [0.1, 0.15) is 50.5 Å². The van der Waals surface area contributed by atoms with Crippen LogP contribution in [0.3, 0.4) is 0 Å². The molecule has 1 aliphatic carbocycles. The minimum absolute atomic E-state index is 0.0333. The van der Waals surface area contributed by atoms with E-state index >= 15 is 0 Å². The zero-order valence-electron chi connectivity index (χ0n) is 22.4. The lowest BCUT2D eigenvalue weighted by atomic mass is 9.85. The van der Waals surface area contributed by atoms with Gasteiger partial charge in [-0.25, -0.2) is 4.39 Å². The summed E-state index contributed by atoms with van der Waals surface area (Å²) in [5.74, 6) is -0.674. The summed E-state index contributed by atoms with van der Waals surface area (Å²) in [5, 5.41) is 3.13. The Bertz CT molecular complexity index is 1160. The molecule has 2 aliphatic heterocycles. The van der Waals surface area contributed by atoms with Gasteiger partial charge in [-0.3, -0.25) is 14.4 Å². The summed E-state index contributed by atoms with van der Waals surface area (Å²) < 4.78 is 13.2. The van der Waals surface area contributed by atoms with Crippen LogP contribution in [-0.2, 0) is 20.8 Å². The van der Waals surface area contributed by atoms with Gasteiger partial charge in [-0.1, -0.05) is 49.6 Å². The van der Waals surface area contributed by atoms with Crippen LogP contribution in [0.25, 0.3) is 0 Å². The number of nitrogens with zero attached hydrogens (tertiary/aromatic N) is 3.